The van der Waals surface area contributed by atoms with Crippen molar-refractivity contribution in [3.63, 3.8) is 0 Å². The van der Waals surface area contributed by atoms with Crippen molar-refractivity contribution >= 4 is 35.0 Å². The van der Waals surface area contributed by atoms with Gasteiger partial charge in [-0.25, -0.2) is 9.97 Å². The van der Waals surface area contributed by atoms with E-state index in [1.54, 1.807) is 20.4 Å². The van der Waals surface area contributed by atoms with E-state index in [9.17, 15) is 9.59 Å². The monoisotopic (exact) mass is 702 g/mol. The summed E-state index contributed by atoms with van der Waals surface area (Å²) in [7, 11) is 3.20. The summed E-state index contributed by atoms with van der Waals surface area (Å²) >= 11 is 14.2. The van der Waals surface area contributed by atoms with Gasteiger partial charge in [0, 0.05) is 52.7 Å². The molecular formula is C37H40Cl2N6O4. The molecule has 2 saturated heterocycles. The second-order valence-corrected chi connectivity index (χ2v) is 13.3. The number of ether oxygens (including phenoxy) is 2. The lowest BCUT2D eigenvalue weighted by Gasteiger charge is -2.30. The Kier molecular flexibility index (Phi) is 11.0. The zero-order chi connectivity index (χ0) is 34.5. The van der Waals surface area contributed by atoms with Crippen molar-refractivity contribution in [1.82, 2.24) is 25.2 Å². The topological polar surface area (TPSA) is 133 Å². The second-order valence-electron chi connectivity index (χ2n) is 12.6. The van der Waals surface area contributed by atoms with Crippen LogP contribution in [0.15, 0.2) is 54.7 Å². The first-order chi connectivity index (χ1) is 23.7. The smallest absolute Gasteiger partial charge is 0.235 e. The number of halogens is 2. The predicted octanol–water partition coefficient (Wildman–Crippen LogP) is 6.50. The molecule has 4 heterocycles. The normalized spacial score (nSPS) is 16.8. The fraction of sp³-hybridized carbons (Fsp3) is 0.378. The van der Waals surface area contributed by atoms with Crippen molar-refractivity contribution in [2.45, 2.75) is 57.5 Å². The van der Waals surface area contributed by atoms with Crippen molar-refractivity contribution in [2.75, 3.05) is 27.3 Å². The van der Waals surface area contributed by atoms with Gasteiger partial charge >= 0.3 is 0 Å². The first kappa shape index (κ1) is 34.6. The predicted molar refractivity (Wildman–Crippen MR) is 191 cm³/mol. The average molecular weight is 704 g/mol. The molecular weight excluding hydrogens is 663 g/mol. The van der Waals surface area contributed by atoms with Crippen molar-refractivity contribution in [1.29, 1.82) is 0 Å². The van der Waals surface area contributed by atoms with Crippen LogP contribution in [0.4, 0.5) is 0 Å². The van der Waals surface area contributed by atoms with Gasteiger partial charge < -0.3 is 20.5 Å². The van der Waals surface area contributed by atoms with E-state index < -0.39 is 0 Å². The molecule has 0 aliphatic carbocycles. The summed E-state index contributed by atoms with van der Waals surface area (Å²) in [6.07, 6.45) is 7.13. The van der Waals surface area contributed by atoms with Crippen LogP contribution in [0.5, 0.6) is 11.8 Å². The molecule has 49 heavy (non-hydrogen) atoms. The molecule has 1 atom stereocenters. The standard InChI is InChI=1S/C37H40Cl2N6O4/c1-48-36-23(21-45-18-16-22(17-19-45)35(40)47)12-14-29(43-36)27-9-4-7-25(33(27)38)26-8-5-10-28(34(26)39)31-20-41-30(37(44-31)49-2)11-3-6-24-13-15-32(46)42-24/h4-5,7-10,12,14,20,22,24H,3,6,11,13,15-19,21H2,1-2H3,(H2,40,47)(H,42,46)/t24-/m1/s1. The molecule has 0 saturated carbocycles. The largest absolute Gasteiger partial charge is 0.481 e. The SMILES string of the molecule is COc1nc(-c2cccc(-c3cccc(-c4cnc(CCC[C@@H]5CCC(=O)N5)c(OC)n4)c3Cl)c2Cl)ccc1CN1CCC(C(N)=O)CC1. The number of carbonyl (C=O) groups excluding carboxylic acids is 2. The highest BCUT2D eigenvalue weighted by Crippen LogP contribution is 2.42. The Bertz CT molecular complexity index is 1850. The molecule has 12 heteroatoms. The van der Waals surface area contributed by atoms with Crippen LogP contribution in [0.25, 0.3) is 33.6 Å². The Hall–Kier alpha value is -4.25. The van der Waals surface area contributed by atoms with E-state index >= 15 is 0 Å². The minimum Gasteiger partial charge on any atom is -0.481 e. The first-order valence-electron chi connectivity index (χ1n) is 16.6. The van der Waals surface area contributed by atoms with Crippen molar-refractivity contribution in [3.8, 4) is 45.4 Å². The highest BCUT2D eigenvalue weighted by atomic mass is 35.5. The number of aryl methyl sites for hydroxylation is 1. The van der Waals surface area contributed by atoms with Crippen LogP contribution in [0.3, 0.4) is 0 Å². The van der Waals surface area contributed by atoms with E-state index in [1.165, 1.54) is 0 Å². The molecule has 4 aromatic rings. The average Bonchev–Trinajstić information content (AvgIpc) is 3.53. The second kappa shape index (κ2) is 15.5. The van der Waals surface area contributed by atoms with Gasteiger partial charge in [0.05, 0.1) is 41.8 Å². The first-order valence-corrected chi connectivity index (χ1v) is 17.3. The molecule has 2 fully saturated rings. The molecule has 0 bridgehead atoms. The fourth-order valence-electron chi connectivity index (χ4n) is 6.68. The molecule has 0 spiro atoms. The minimum absolute atomic E-state index is 0.0620. The van der Waals surface area contributed by atoms with Crippen molar-refractivity contribution < 1.29 is 19.1 Å². The molecule has 2 aliphatic heterocycles. The fourth-order valence-corrected chi connectivity index (χ4v) is 7.33. The number of likely N-dealkylation sites (tertiary alicyclic amines) is 1. The number of nitrogens with one attached hydrogen (secondary N) is 1. The lowest BCUT2D eigenvalue weighted by molar-refractivity contribution is -0.123. The summed E-state index contributed by atoms with van der Waals surface area (Å²) in [6.45, 7) is 2.24. The summed E-state index contributed by atoms with van der Waals surface area (Å²) < 4.78 is 11.3. The van der Waals surface area contributed by atoms with E-state index in [0.717, 1.165) is 73.1 Å². The zero-order valence-electron chi connectivity index (χ0n) is 27.7. The molecule has 3 N–H and O–H groups in total. The molecule has 6 rings (SSSR count). The Morgan fingerprint density at radius 1 is 0.898 bits per heavy atom. The van der Waals surface area contributed by atoms with Crippen molar-refractivity contribution in [3.05, 3.63) is 76.0 Å². The minimum atomic E-state index is -0.224. The van der Waals surface area contributed by atoms with Crippen molar-refractivity contribution in [2.24, 2.45) is 11.7 Å². The maximum Gasteiger partial charge on any atom is 0.235 e. The summed E-state index contributed by atoms with van der Waals surface area (Å²) in [6, 6.07) is 15.7. The number of nitrogens with two attached hydrogens (primary N) is 1. The van der Waals surface area contributed by atoms with Crippen LogP contribution in [0.1, 0.15) is 49.8 Å². The number of primary amides is 1. The van der Waals surface area contributed by atoms with Gasteiger partial charge in [-0.1, -0.05) is 65.7 Å². The van der Waals surface area contributed by atoms with Crippen LogP contribution in [0, 0.1) is 5.92 Å². The third-order valence-electron chi connectivity index (χ3n) is 9.41. The van der Waals surface area contributed by atoms with E-state index in [0.29, 0.717) is 58.1 Å². The summed E-state index contributed by atoms with van der Waals surface area (Å²) in [4.78, 5) is 39.7. The summed E-state index contributed by atoms with van der Waals surface area (Å²) in [5.41, 5.74) is 11.4. The maximum atomic E-state index is 11.6. The molecule has 2 aromatic carbocycles. The number of aromatic nitrogens is 3. The summed E-state index contributed by atoms with van der Waals surface area (Å²) in [5, 5.41) is 4.01. The van der Waals surface area contributed by atoms with Crippen LogP contribution in [0.2, 0.25) is 10.0 Å². The number of piperidine rings is 1. The Labute approximate surface area is 296 Å². The molecule has 2 aliphatic rings. The molecule has 10 nitrogen and oxygen atoms in total. The van der Waals surface area contributed by atoms with Gasteiger partial charge in [-0.2, -0.15) is 0 Å². The molecule has 256 valence electrons. The lowest BCUT2D eigenvalue weighted by Crippen LogP contribution is -2.38. The van der Waals surface area contributed by atoms with Crippen LogP contribution >= 0.6 is 23.2 Å². The number of methoxy groups -OCH3 is 2. The van der Waals surface area contributed by atoms with Crippen LogP contribution < -0.4 is 20.5 Å². The van der Waals surface area contributed by atoms with Gasteiger partial charge in [-0.3, -0.25) is 19.5 Å². The van der Waals surface area contributed by atoms with Gasteiger partial charge in [-0.15, -0.1) is 0 Å². The van der Waals surface area contributed by atoms with E-state index in [-0.39, 0.29) is 23.8 Å². The Morgan fingerprint density at radius 2 is 1.53 bits per heavy atom. The quantitative estimate of drug-likeness (QED) is 0.171. The van der Waals surface area contributed by atoms with Gasteiger partial charge in [0.25, 0.3) is 0 Å². The van der Waals surface area contributed by atoms with Gasteiger partial charge in [0.2, 0.25) is 23.6 Å². The molecule has 2 aromatic heterocycles. The lowest BCUT2D eigenvalue weighted by atomic mass is 9.96. The van der Waals surface area contributed by atoms with Crippen LogP contribution in [-0.2, 0) is 22.6 Å². The highest BCUT2D eigenvalue weighted by molar-refractivity contribution is 6.39. The Morgan fingerprint density at radius 3 is 2.14 bits per heavy atom. The summed E-state index contributed by atoms with van der Waals surface area (Å²) in [5.74, 6) is 0.813. The number of hydrogen-bond donors (Lipinski definition) is 2. The molecule has 2 amide bonds. The van der Waals surface area contributed by atoms with Crippen LogP contribution in [-0.4, -0.2) is 65.0 Å². The maximum absolute atomic E-state index is 11.6. The number of hydrogen-bond acceptors (Lipinski definition) is 8. The number of benzene rings is 2. The number of carbonyl (C=O) groups is 2. The Balaban J connectivity index is 1.21. The van der Waals surface area contributed by atoms with E-state index in [1.807, 2.05) is 48.5 Å². The molecule has 0 radical (unpaired) electrons. The van der Waals surface area contributed by atoms with Gasteiger partial charge in [-0.05, 0) is 57.7 Å². The van der Waals surface area contributed by atoms with Gasteiger partial charge in [0.15, 0.2) is 0 Å². The molecule has 0 unspecified atom stereocenters. The number of nitrogens with zero attached hydrogens (tertiary/aromatic N) is 4. The van der Waals surface area contributed by atoms with Gasteiger partial charge in [0.1, 0.15) is 5.69 Å². The number of rotatable bonds is 12. The van der Waals surface area contributed by atoms with E-state index in [2.05, 4.69) is 15.2 Å². The third-order valence-corrected chi connectivity index (χ3v) is 10.2. The zero-order valence-corrected chi connectivity index (χ0v) is 29.2. The number of pyridine rings is 1. The number of amides is 2. The third kappa shape index (κ3) is 7.82. The van der Waals surface area contributed by atoms with E-state index in [4.69, 9.17) is 48.4 Å². The highest BCUT2D eigenvalue weighted by Gasteiger charge is 2.25.